The Kier molecular flexibility index (Phi) is 4.19. The van der Waals surface area contributed by atoms with E-state index in [2.05, 4.69) is 0 Å². The predicted molar refractivity (Wildman–Crippen MR) is 52.6 cm³/mol. The average molecular weight is 228 g/mol. The Bertz CT molecular complexity index is 344. The van der Waals surface area contributed by atoms with Crippen molar-refractivity contribution in [2.24, 2.45) is 5.73 Å². The van der Waals surface area contributed by atoms with Crippen LogP contribution in [0.15, 0.2) is 16.3 Å². The second kappa shape index (κ2) is 4.23. The molecule has 0 bridgehead atoms. The standard InChI is InChI=1S/C6H9NO2S2.ClH/c1-11(8,9)6-3-2-5(4-7)10-6;/h2-3H,4,7H2,1H3;1H. The van der Waals surface area contributed by atoms with E-state index in [1.54, 1.807) is 12.1 Å². The summed E-state index contributed by atoms with van der Waals surface area (Å²) < 4.78 is 22.3. The summed E-state index contributed by atoms with van der Waals surface area (Å²) in [5.41, 5.74) is 5.32. The van der Waals surface area contributed by atoms with Gasteiger partial charge in [0, 0.05) is 17.7 Å². The maximum atomic E-state index is 10.9. The minimum atomic E-state index is -3.03. The molecular weight excluding hydrogens is 218 g/mol. The monoisotopic (exact) mass is 227 g/mol. The first-order chi connectivity index (χ1) is 5.04. The van der Waals surface area contributed by atoms with Gasteiger partial charge in [0.25, 0.3) is 0 Å². The molecule has 0 spiro atoms. The summed E-state index contributed by atoms with van der Waals surface area (Å²) in [4.78, 5) is 0.894. The van der Waals surface area contributed by atoms with Crippen molar-refractivity contribution in [3.05, 3.63) is 17.0 Å². The molecule has 6 heteroatoms. The van der Waals surface area contributed by atoms with Crippen LogP contribution < -0.4 is 5.73 Å². The highest BCUT2D eigenvalue weighted by Gasteiger charge is 2.08. The van der Waals surface area contributed by atoms with Crippen LogP contribution in [0.2, 0.25) is 0 Å². The van der Waals surface area contributed by atoms with E-state index in [0.717, 1.165) is 4.88 Å². The SMILES string of the molecule is CS(=O)(=O)c1ccc(CN)s1.Cl. The van der Waals surface area contributed by atoms with Crippen molar-refractivity contribution in [1.82, 2.24) is 0 Å². The Morgan fingerprint density at radius 2 is 2.08 bits per heavy atom. The Morgan fingerprint density at radius 3 is 2.33 bits per heavy atom. The van der Waals surface area contributed by atoms with Crippen molar-refractivity contribution in [3.8, 4) is 0 Å². The van der Waals surface area contributed by atoms with E-state index in [1.807, 2.05) is 0 Å². The molecule has 1 aromatic heterocycles. The van der Waals surface area contributed by atoms with Crippen molar-refractivity contribution < 1.29 is 8.42 Å². The summed E-state index contributed by atoms with van der Waals surface area (Å²) in [6.45, 7) is 0.403. The number of thiophene rings is 1. The van der Waals surface area contributed by atoms with Crippen LogP contribution >= 0.6 is 23.7 Å². The Balaban J connectivity index is 0.00000121. The first-order valence-electron chi connectivity index (χ1n) is 3.03. The Labute approximate surface area is 81.9 Å². The van der Waals surface area contributed by atoms with E-state index < -0.39 is 9.84 Å². The summed E-state index contributed by atoms with van der Waals surface area (Å²) in [5.74, 6) is 0. The molecule has 1 aromatic rings. The fourth-order valence-electron chi connectivity index (χ4n) is 0.667. The zero-order valence-corrected chi connectivity index (χ0v) is 8.93. The molecule has 0 aliphatic rings. The third kappa shape index (κ3) is 2.75. The van der Waals surface area contributed by atoms with E-state index >= 15 is 0 Å². The van der Waals surface area contributed by atoms with Crippen LogP contribution in [0.1, 0.15) is 4.88 Å². The van der Waals surface area contributed by atoms with Gasteiger partial charge in [0.2, 0.25) is 0 Å². The van der Waals surface area contributed by atoms with Crippen LogP contribution in [0.5, 0.6) is 0 Å². The Morgan fingerprint density at radius 1 is 1.50 bits per heavy atom. The van der Waals surface area contributed by atoms with Crippen molar-refractivity contribution in [2.75, 3.05) is 6.26 Å². The van der Waals surface area contributed by atoms with Crippen molar-refractivity contribution in [1.29, 1.82) is 0 Å². The van der Waals surface area contributed by atoms with Gasteiger partial charge in [-0.2, -0.15) is 0 Å². The molecule has 0 unspecified atom stereocenters. The zero-order valence-electron chi connectivity index (χ0n) is 6.48. The normalized spacial score (nSPS) is 10.8. The summed E-state index contributed by atoms with van der Waals surface area (Å²) in [5, 5.41) is 0. The van der Waals surface area contributed by atoms with Crippen LogP contribution in [0, 0.1) is 0 Å². The first kappa shape index (κ1) is 11.9. The number of sulfone groups is 1. The first-order valence-corrected chi connectivity index (χ1v) is 5.73. The van der Waals surface area contributed by atoms with Gasteiger partial charge in [0.05, 0.1) is 0 Å². The number of halogens is 1. The molecule has 0 aliphatic heterocycles. The summed E-state index contributed by atoms with van der Waals surface area (Å²) in [6, 6.07) is 3.32. The number of nitrogens with two attached hydrogens (primary N) is 1. The van der Waals surface area contributed by atoms with Crippen LogP contribution in [0.3, 0.4) is 0 Å². The van der Waals surface area contributed by atoms with Gasteiger partial charge in [-0.1, -0.05) is 0 Å². The van der Waals surface area contributed by atoms with E-state index in [1.165, 1.54) is 17.6 Å². The van der Waals surface area contributed by atoms with Crippen LogP contribution in [-0.4, -0.2) is 14.7 Å². The molecule has 3 nitrogen and oxygen atoms in total. The summed E-state index contributed by atoms with van der Waals surface area (Å²) in [7, 11) is -3.03. The van der Waals surface area contributed by atoms with E-state index in [0.29, 0.717) is 10.8 Å². The predicted octanol–water partition coefficient (Wildman–Crippen LogP) is 1.03. The van der Waals surface area contributed by atoms with Gasteiger partial charge in [-0.15, -0.1) is 23.7 Å². The maximum Gasteiger partial charge on any atom is 0.184 e. The topological polar surface area (TPSA) is 60.2 Å². The highest BCUT2D eigenvalue weighted by atomic mass is 35.5. The fourth-order valence-corrected chi connectivity index (χ4v) is 2.52. The maximum absolute atomic E-state index is 10.9. The van der Waals surface area contributed by atoms with Gasteiger partial charge >= 0.3 is 0 Å². The lowest BCUT2D eigenvalue weighted by Crippen LogP contribution is -1.93. The summed E-state index contributed by atoms with van der Waals surface area (Å²) in [6.07, 6.45) is 1.19. The number of hydrogen-bond donors (Lipinski definition) is 1. The highest BCUT2D eigenvalue weighted by Crippen LogP contribution is 2.20. The molecule has 0 fully saturated rings. The van der Waals surface area contributed by atoms with Crippen LogP contribution in [0.25, 0.3) is 0 Å². The van der Waals surface area contributed by atoms with Crippen molar-refractivity contribution in [2.45, 2.75) is 10.8 Å². The van der Waals surface area contributed by atoms with Gasteiger partial charge < -0.3 is 5.73 Å². The zero-order chi connectivity index (χ0) is 8.48. The third-order valence-corrected chi connectivity index (χ3v) is 4.13. The van der Waals surface area contributed by atoms with Crippen LogP contribution in [0.4, 0.5) is 0 Å². The van der Waals surface area contributed by atoms with Gasteiger partial charge in [-0.05, 0) is 12.1 Å². The Hall–Kier alpha value is -0.100. The van der Waals surface area contributed by atoms with Gasteiger partial charge in [0.15, 0.2) is 9.84 Å². The minimum absolute atomic E-state index is 0. The molecule has 12 heavy (non-hydrogen) atoms. The second-order valence-electron chi connectivity index (χ2n) is 2.20. The molecule has 0 radical (unpaired) electrons. The molecule has 2 N–H and O–H groups in total. The average Bonchev–Trinajstić information content (AvgIpc) is 2.32. The molecule has 0 aliphatic carbocycles. The molecular formula is C6H10ClNO2S2. The van der Waals surface area contributed by atoms with Crippen molar-refractivity contribution >= 4 is 33.6 Å². The van der Waals surface area contributed by atoms with Gasteiger partial charge in [0.1, 0.15) is 4.21 Å². The molecule has 1 heterocycles. The molecule has 0 amide bonds. The molecule has 0 saturated heterocycles. The lowest BCUT2D eigenvalue weighted by molar-refractivity contribution is 0.604. The molecule has 70 valence electrons. The van der Waals surface area contributed by atoms with E-state index in [-0.39, 0.29) is 12.4 Å². The molecule has 0 atom stereocenters. The van der Waals surface area contributed by atoms with Crippen molar-refractivity contribution in [3.63, 3.8) is 0 Å². The number of hydrogen-bond acceptors (Lipinski definition) is 4. The van der Waals surface area contributed by atoms with E-state index in [4.69, 9.17) is 5.73 Å². The lowest BCUT2D eigenvalue weighted by atomic mass is 10.5. The lowest BCUT2D eigenvalue weighted by Gasteiger charge is -1.88. The molecule has 1 rings (SSSR count). The molecule has 0 saturated carbocycles. The molecule has 0 aromatic carbocycles. The second-order valence-corrected chi connectivity index (χ2v) is 5.61. The van der Waals surface area contributed by atoms with E-state index in [9.17, 15) is 8.42 Å². The summed E-state index contributed by atoms with van der Waals surface area (Å²) >= 11 is 1.23. The third-order valence-electron chi connectivity index (χ3n) is 1.20. The highest BCUT2D eigenvalue weighted by molar-refractivity contribution is 7.92. The van der Waals surface area contributed by atoms with Gasteiger partial charge in [-0.3, -0.25) is 0 Å². The van der Waals surface area contributed by atoms with Crippen LogP contribution in [-0.2, 0) is 16.4 Å². The smallest absolute Gasteiger partial charge is 0.184 e. The van der Waals surface area contributed by atoms with Gasteiger partial charge in [-0.25, -0.2) is 8.42 Å². The minimum Gasteiger partial charge on any atom is -0.326 e. The quantitative estimate of drug-likeness (QED) is 0.821. The fraction of sp³-hybridized carbons (Fsp3) is 0.333. The number of rotatable bonds is 2. The largest absolute Gasteiger partial charge is 0.326 e.